The molecule has 2 heterocycles. The molecule has 128 valence electrons. The zero-order chi connectivity index (χ0) is 17.8. The van der Waals surface area contributed by atoms with Gasteiger partial charge in [0.1, 0.15) is 18.0 Å². The number of hydrogen-bond donors (Lipinski definition) is 1. The number of rotatable bonds is 5. The molecule has 0 atom stereocenters. The quantitative estimate of drug-likeness (QED) is 0.754. The Balaban J connectivity index is 1.80. The smallest absolute Gasteiger partial charge is 0.224 e. The number of nitrogens with one attached hydrogen (secondary N) is 1. The van der Waals surface area contributed by atoms with E-state index in [1.54, 1.807) is 18.3 Å². The van der Waals surface area contributed by atoms with Gasteiger partial charge in [-0.3, -0.25) is 0 Å². The van der Waals surface area contributed by atoms with Crippen LogP contribution in [0.15, 0.2) is 42.9 Å². The van der Waals surface area contributed by atoms with E-state index in [1.165, 1.54) is 12.4 Å². The highest BCUT2D eigenvalue weighted by Crippen LogP contribution is 2.26. The molecule has 0 amide bonds. The van der Waals surface area contributed by atoms with Gasteiger partial charge in [0.25, 0.3) is 0 Å². The van der Waals surface area contributed by atoms with Crippen molar-refractivity contribution in [1.29, 1.82) is 0 Å². The average Bonchev–Trinajstić information content (AvgIpc) is 2.60. The molecule has 3 aromatic rings. The van der Waals surface area contributed by atoms with Gasteiger partial charge in [0, 0.05) is 35.6 Å². The number of aromatic nitrogens is 3. The summed E-state index contributed by atoms with van der Waals surface area (Å²) in [5.74, 6) is -0.594. The van der Waals surface area contributed by atoms with Crippen LogP contribution in [0.4, 0.5) is 14.6 Å². The minimum atomic E-state index is -0.785. The molecule has 5 nitrogen and oxygen atoms in total. The van der Waals surface area contributed by atoms with Crippen LogP contribution < -0.4 is 10.1 Å². The predicted octanol–water partition coefficient (Wildman–Crippen LogP) is 4.17. The Bertz CT molecular complexity index is 902. The molecule has 0 aliphatic rings. The maximum Gasteiger partial charge on any atom is 0.224 e. The van der Waals surface area contributed by atoms with Gasteiger partial charge in [0.2, 0.25) is 5.88 Å². The second-order valence-corrected chi connectivity index (χ2v) is 5.43. The van der Waals surface area contributed by atoms with Crippen LogP contribution in [0.3, 0.4) is 0 Å². The van der Waals surface area contributed by atoms with Crippen LogP contribution in [0, 0.1) is 25.5 Å². The SMILES string of the molecule is Cc1ncnc(NCc2cccnc2Oc2ccc(F)cc2F)c1C. The summed E-state index contributed by atoms with van der Waals surface area (Å²) < 4.78 is 32.3. The van der Waals surface area contributed by atoms with Gasteiger partial charge in [-0.2, -0.15) is 0 Å². The van der Waals surface area contributed by atoms with Crippen LogP contribution >= 0.6 is 0 Å². The second kappa shape index (κ2) is 7.21. The number of benzene rings is 1. The molecular weight excluding hydrogens is 326 g/mol. The lowest BCUT2D eigenvalue weighted by Gasteiger charge is -2.13. The summed E-state index contributed by atoms with van der Waals surface area (Å²) in [6.07, 6.45) is 3.03. The Morgan fingerprint density at radius 3 is 2.72 bits per heavy atom. The van der Waals surface area contributed by atoms with Crippen molar-refractivity contribution in [2.24, 2.45) is 0 Å². The lowest BCUT2D eigenvalue weighted by molar-refractivity contribution is 0.419. The largest absolute Gasteiger partial charge is 0.436 e. The summed E-state index contributed by atoms with van der Waals surface area (Å²) in [4.78, 5) is 12.5. The molecular formula is C18H16F2N4O. The lowest BCUT2D eigenvalue weighted by atomic mass is 10.2. The molecule has 0 radical (unpaired) electrons. The summed E-state index contributed by atoms with van der Waals surface area (Å²) >= 11 is 0. The molecule has 25 heavy (non-hydrogen) atoms. The van der Waals surface area contributed by atoms with E-state index in [4.69, 9.17) is 4.74 Å². The Morgan fingerprint density at radius 1 is 1.08 bits per heavy atom. The van der Waals surface area contributed by atoms with E-state index in [2.05, 4.69) is 20.3 Å². The summed E-state index contributed by atoms with van der Waals surface area (Å²) in [5, 5.41) is 3.20. The molecule has 0 aliphatic heterocycles. The van der Waals surface area contributed by atoms with Gasteiger partial charge in [-0.15, -0.1) is 0 Å². The van der Waals surface area contributed by atoms with Gasteiger partial charge in [0.05, 0.1) is 0 Å². The third-order valence-electron chi connectivity index (χ3n) is 3.73. The van der Waals surface area contributed by atoms with Crippen molar-refractivity contribution in [2.75, 3.05) is 5.32 Å². The molecule has 0 aliphatic carbocycles. The summed E-state index contributed by atoms with van der Waals surface area (Å²) in [7, 11) is 0. The molecule has 0 saturated heterocycles. The Morgan fingerprint density at radius 2 is 1.92 bits per heavy atom. The van der Waals surface area contributed by atoms with Crippen molar-refractivity contribution < 1.29 is 13.5 Å². The third-order valence-corrected chi connectivity index (χ3v) is 3.73. The topological polar surface area (TPSA) is 59.9 Å². The summed E-state index contributed by atoms with van der Waals surface area (Å²) in [6, 6.07) is 6.69. The standard InChI is InChI=1S/C18H16F2N4O/c1-11-12(2)23-10-24-17(11)22-9-13-4-3-7-21-18(13)25-16-6-5-14(19)8-15(16)20/h3-8,10H,9H2,1-2H3,(H,22,23,24). The van der Waals surface area contributed by atoms with Gasteiger partial charge in [-0.25, -0.2) is 23.7 Å². The molecule has 2 aromatic heterocycles. The minimum absolute atomic E-state index is 0.0876. The number of hydrogen-bond acceptors (Lipinski definition) is 5. The number of halogens is 2. The molecule has 0 bridgehead atoms. The predicted molar refractivity (Wildman–Crippen MR) is 89.5 cm³/mol. The highest BCUT2D eigenvalue weighted by Gasteiger charge is 2.11. The first kappa shape index (κ1) is 16.8. The molecule has 0 spiro atoms. The Hall–Kier alpha value is -3.09. The van der Waals surface area contributed by atoms with Crippen molar-refractivity contribution in [3.05, 3.63) is 71.3 Å². The minimum Gasteiger partial charge on any atom is -0.436 e. The second-order valence-electron chi connectivity index (χ2n) is 5.43. The maximum atomic E-state index is 13.8. The number of nitrogens with zero attached hydrogens (tertiary/aromatic N) is 3. The van der Waals surface area contributed by atoms with E-state index in [9.17, 15) is 8.78 Å². The van der Waals surface area contributed by atoms with Crippen molar-refractivity contribution >= 4 is 5.82 Å². The van der Waals surface area contributed by atoms with Crippen LogP contribution in [0.1, 0.15) is 16.8 Å². The average molecular weight is 342 g/mol. The Kier molecular flexibility index (Phi) is 4.83. The van der Waals surface area contributed by atoms with Gasteiger partial charge >= 0.3 is 0 Å². The number of aryl methyl sites for hydroxylation is 1. The molecule has 7 heteroatoms. The maximum absolute atomic E-state index is 13.8. The number of pyridine rings is 1. The van der Waals surface area contributed by atoms with Crippen molar-refractivity contribution in [3.8, 4) is 11.6 Å². The summed E-state index contributed by atoms with van der Waals surface area (Å²) in [6.45, 7) is 4.20. The number of ether oxygens (including phenoxy) is 1. The molecule has 3 rings (SSSR count). The fourth-order valence-electron chi connectivity index (χ4n) is 2.21. The zero-order valence-corrected chi connectivity index (χ0v) is 13.8. The van der Waals surface area contributed by atoms with Crippen molar-refractivity contribution in [2.45, 2.75) is 20.4 Å². The lowest BCUT2D eigenvalue weighted by Crippen LogP contribution is -2.07. The molecule has 0 fully saturated rings. The molecule has 1 aromatic carbocycles. The van der Waals surface area contributed by atoms with E-state index in [-0.39, 0.29) is 11.6 Å². The van der Waals surface area contributed by atoms with Crippen LogP contribution in [0.25, 0.3) is 0 Å². The van der Waals surface area contributed by atoms with Crippen LogP contribution in [-0.2, 0) is 6.54 Å². The van der Waals surface area contributed by atoms with Crippen LogP contribution in [0.2, 0.25) is 0 Å². The summed E-state index contributed by atoms with van der Waals surface area (Å²) in [5.41, 5.74) is 2.54. The van der Waals surface area contributed by atoms with Crippen LogP contribution in [-0.4, -0.2) is 15.0 Å². The zero-order valence-electron chi connectivity index (χ0n) is 13.8. The highest BCUT2D eigenvalue weighted by molar-refractivity contribution is 5.46. The van der Waals surface area contributed by atoms with Gasteiger partial charge in [0.15, 0.2) is 11.6 Å². The fraction of sp³-hybridized carbons (Fsp3) is 0.167. The third kappa shape index (κ3) is 3.88. The van der Waals surface area contributed by atoms with Crippen molar-refractivity contribution in [3.63, 3.8) is 0 Å². The Labute approximate surface area is 143 Å². The highest BCUT2D eigenvalue weighted by atomic mass is 19.1. The first-order valence-corrected chi connectivity index (χ1v) is 7.63. The van der Waals surface area contributed by atoms with Gasteiger partial charge in [-0.1, -0.05) is 6.07 Å². The van der Waals surface area contributed by atoms with E-state index >= 15 is 0 Å². The molecule has 1 N–H and O–H groups in total. The first-order valence-electron chi connectivity index (χ1n) is 7.63. The molecule has 0 unspecified atom stereocenters. The molecule has 0 saturated carbocycles. The monoisotopic (exact) mass is 342 g/mol. The number of anilines is 1. The van der Waals surface area contributed by atoms with Gasteiger partial charge < -0.3 is 10.1 Å². The van der Waals surface area contributed by atoms with Crippen molar-refractivity contribution in [1.82, 2.24) is 15.0 Å². The fourth-order valence-corrected chi connectivity index (χ4v) is 2.21. The van der Waals surface area contributed by atoms with E-state index < -0.39 is 11.6 Å². The van der Waals surface area contributed by atoms with E-state index in [1.807, 2.05) is 13.8 Å². The first-order chi connectivity index (χ1) is 12.0. The van der Waals surface area contributed by atoms with E-state index in [0.717, 1.165) is 23.4 Å². The van der Waals surface area contributed by atoms with E-state index in [0.29, 0.717) is 17.9 Å². The van der Waals surface area contributed by atoms with Gasteiger partial charge in [-0.05, 0) is 32.0 Å². The normalized spacial score (nSPS) is 10.6. The van der Waals surface area contributed by atoms with Crippen LogP contribution in [0.5, 0.6) is 11.6 Å².